The summed E-state index contributed by atoms with van der Waals surface area (Å²) in [5.41, 5.74) is -0.442. The van der Waals surface area contributed by atoms with E-state index >= 15 is 0 Å². The molecule has 150 valence electrons. The maximum atomic E-state index is 12.5. The average Bonchev–Trinajstić information content (AvgIpc) is 2.72. The normalized spacial score (nSPS) is 10.4. The summed E-state index contributed by atoms with van der Waals surface area (Å²) in [6.45, 7) is 2.14. The van der Waals surface area contributed by atoms with Crippen LogP contribution < -0.4 is 25.2 Å². The molecule has 0 spiro atoms. The van der Waals surface area contributed by atoms with Crippen LogP contribution in [-0.2, 0) is 0 Å². The van der Waals surface area contributed by atoms with Crippen molar-refractivity contribution >= 4 is 22.8 Å². The highest BCUT2D eigenvalue weighted by Crippen LogP contribution is 2.25. The highest BCUT2D eigenvalue weighted by atomic mass is 16.5. The lowest BCUT2D eigenvalue weighted by Gasteiger charge is -2.09. The Morgan fingerprint density at radius 1 is 0.966 bits per heavy atom. The van der Waals surface area contributed by atoms with Gasteiger partial charge in [0.1, 0.15) is 28.4 Å². The molecule has 1 aromatic heterocycles. The molecular weight excluding hydrogens is 378 g/mol. The molecule has 3 rings (SSSR count). The van der Waals surface area contributed by atoms with Crippen molar-refractivity contribution in [2.75, 3.05) is 20.8 Å². The van der Waals surface area contributed by atoms with Crippen molar-refractivity contribution in [3.63, 3.8) is 0 Å². The van der Waals surface area contributed by atoms with Crippen molar-refractivity contribution < 1.29 is 28.2 Å². The summed E-state index contributed by atoms with van der Waals surface area (Å²) in [6, 6.07) is 10.6. The number of ether oxygens (including phenoxy) is 3. The zero-order valence-electron chi connectivity index (χ0n) is 16.1. The first-order valence-electron chi connectivity index (χ1n) is 8.76. The minimum absolute atomic E-state index is 0.0902. The monoisotopic (exact) mass is 397 g/mol. The Balaban J connectivity index is 1.89. The summed E-state index contributed by atoms with van der Waals surface area (Å²) < 4.78 is 20.9. The van der Waals surface area contributed by atoms with Gasteiger partial charge in [-0.3, -0.25) is 4.79 Å². The molecule has 0 aliphatic heterocycles. The lowest BCUT2D eigenvalue weighted by Crippen LogP contribution is -2.27. The first kappa shape index (κ1) is 19.9. The van der Waals surface area contributed by atoms with Gasteiger partial charge >= 0.3 is 11.6 Å². The van der Waals surface area contributed by atoms with E-state index in [2.05, 4.69) is 5.32 Å². The minimum Gasteiger partial charge on any atom is -0.497 e. The second-order valence-electron chi connectivity index (χ2n) is 6.00. The lowest BCUT2D eigenvalue weighted by atomic mass is 10.1. The highest BCUT2D eigenvalue weighted by molar-refractivity contribution is 5.97. The van der Waals surface area contributed by atoms with Crippen LogP contribution in [0.15, 0.2) is 51.7 Å². The molecule has 1 heterocycles. The highest BCUT2D eigenvalue weighted by Gasteiger charge is 2.15. The molecule has 0 aliphatic rings. The number of nitrogens with one attached hydrogen (secondary N) is 1. The summed E-state index contributed by atoms with van der Waals surface area (Å²) in [5.74, 6) is -0.0796. The molecule has 29 heavy (non-hydrogen) atoms. The standard InChI is InChI=1S/C21H19NO7/c1-4-22-19(23)17-9-12-5-6-14(11-18(12)29-21(17)25)28-20(24)13-7-15(26-2)10-16(8-13)27-3/h5-11H,4H2,1-3H3,(H,22,23). The topological polar surface area (TPSA) is 104 Å². The van der Waals surface area contributed by atoms with Crippen LogP contribution in [0.1, 0.15) is 27.6 Å². The van der Waals surface area contributed by atoms with E-state index in [1.54, 1.807) is 25.1 Å². The maximum absolute atomic E-state index is 12.5. The molecule has 0 radical (unpaired) electrons. The van der Waals surface area contributed by atoms with Gasteiger partial charge < -0.3 is 23.9 Å². The van der Waals surface area contributed by atoms with Gasteiger partial charge in [-0.25, -0.2) is 9.59 Å². The van der Waals surface area contributed by atoms with Gasteiger partial charge in [-0.1, -0.05) is 0 Å². The lowest BCUT2D eigenvalue weighted by molar-refractivity contribution is 0.0734. The summed E-state index contributed by atoms with van der Waals surface area (Å²) in [6.07, 6.45) is 0. The minimum atomic E-state index is -0.774. The third-order valence-electron chi connectivity index (χ3n) is 4.09. The van der Waals surface area contributed by atoms with Gasteiger partial charge in [0, 0.05) is 24.1 Å². The summed E-state index contributed by atoms with van der Waals surface area (Å²) >= 11 is 0. The molecule has 0 saturated carbocycles. The van der Waals surface area contributed by atoms with Gasteiger partial charge in [-0.05, 0) is 37.3 Å². The van der Waals surface area contributed by atoms with Crippen LogP contribution in [0.5, 0.6) is 17.2 Å². The van der Waals surface area contributed by atoms with E-state index in [0.29, 0.717) is 23.4 Å². The summed E-state index contributed by atoms with van der Waals surface area (Å²) in [7, 11) is 2.95. The molecular formula is C21H19NO7. The maximum Gasteiger partial charge on any atom is 0.349 e. The van der Waals surface area contributed by atoms with Crippen LogP contribution in [0.2, 0.25) is 0 Å². The van der Waals surface area contributed by atoms with E-state index in [0.717, 1.165) is 0 Å². The van der Waals surface area contributed by atoms with Gasteiger partial charge in [0.25, 0.3) is 5.91 Å². The fourth-order valence-electron chi connectivity index (χ4n) is 2.66. The number of hydrogen-bond acceptors (Lipinski definition) is 7. The average molecular weight is 397 g/mol. The number of fused-ring (bicyclic) bond motifs is 1. The SMILES string of the molecule is CCNC(=O)c1cc2ccc(OC(=O)c3cc(OC)cc(OC)c3)cc2oc1=O. The number of methoxy groups -OCH3 is 2. The van der Waals surface area contributed by atoms with Gasteiger partial charge in [0.2, 0.25) is 0 Å². The number of hydrogen-bond donors (Lipinski definition) is 1. The van der Waals surface area contributed by atoms with Gasteiger partial charge in [0.15, 0.2) is 0 Å². The van der Waals surface area contributed by atoms with Crippen molar-refractivity contribution in [2.45, 2.75) is 6.92 Å². The van der Waals surface area contributed by atoms with E-state index in [4.69, 9.17) is 18.6 Å². The van der Waals surface area contributed by atoms with Gasteiger partial charge in [-0.15, -0.1) is 0 Å². The number of benzene rings is 2. The zero-order valence-corrected chi connectivity index (χ0v) is 16.1. The molecule has 0 bridgehead atoms. The number of carbonyl (C=O) groups excluding carboxylic acids is 2. The smallest absolute Gasteiger partial charge is 0.349 e. The second kappa shape index (κ2) is 8.47. The van der Waals surface area contributed by atoms with E-state index in [1.165, 1.54) is 38.5 Å². The molecule has 1 N–H and O–H groups in total. The number of esters is 1. The molecule has 0 aliphatic carbocycles. The first-order chi connectivity index (χ1) is 13.9. The molecule has 1 amide bonds. The Morgan fingerprint density at radius 3 is 2.28 bits per heavy atom. The molecule has 0 saturated heterocycles. The third-order valence-corrected chi connectivity index (χ3v) is 4.09. The molecule has 3 aromatic rings. The van der Waals surface area contributed by atoms with E-state index in [9.17, 15) is 14.4 Å². The number of amides is 1. The Morgan fingerprint density at radius 2 is 1.66 bits per heavy atom. The Labute approximate surface area is 166 Å². The zero-order chi connectivity index (χ0) is 21.0. The van der Waals surface area contributed by atoms with Crippen LogP contribution >= 0.6 is 0 Å². The van der Waals surface area contributed by atoms with Gasteiger partial charge in [0.05, 0.1) is 19.8 Å². The van der Waals surface area contributed by atoms with Crippen LogP contribution in [0, 0.1) is 0 Å². The predicted molar refractivity (Wildman–Crippen MR) is 105 cm³/mol. The summed E-state index contributed by atoms with van der Waals surface area (Å²) in [5, 5.41) is 3.07. The fraction of sp³-hybridized carbons (Fsp3) is 0.190. The third kappa shape index (κ3) is 4.37. The van der Waals surface area contributed by atoms with E-state index < -0.39 is 17.5 Å². The number of rotatable bonds is 6. The molecule has 2 aromatic carbocycles. The summed E-state index contributed by atoms with van der Waals surface area (Å²) in [4.78, 5) is 36.5. The largest absolute Gasteiger partial charge is 0.497 e. The van der Waals surface area contributed by atoms with Crippen molar-refractivity contribution in [1.82, 2.24) is 5.32 Å². The number of carbonyl (C=O) groups is 2. The van der Waals surface area contributed by atoms with Crippen molar-refractivity contribution in [3.8, 4) is 17.2 Å². The van der Waals surface area contributed by atoms with Crippen molar-refractivity contribution in [3.05, 3.63) is 64.0 Å². The Kier molecular flexibility index (Phi) is 5.82. The van der Waals surface area contributed by atoms with Crippen molar-refractivity contribution in [1.29, 1.82) is 0 Å². The van der Waals surface area contributed by atoms with Gasteiger partial charge in [-0.2, -0.15) is 0 Å². The molecule has 0 unspecified atom stereocenters. The quantitative estimate of drug-likeness (QED) is 0.387. The fourth-order valence-corrected chi connectivity index (χ4v) is 2.66. The Hall–Kier alpha value is -3.81. The van der Waals surface area contributed by atoms with E-state index in [1.807, 2.05) is 0 Å². The molecule has 8 nitrogen and oxygen atoms in total. The predicted octanol–water partition coefficient (Wildman–Crippen LogP) is 2.78. The van der Waals surface area contributed by atoms with Crippen molar-refractivity contribution in [2.24, 2.45) is 0 Å². The molecule has 8 heteroatoms. The molecule has 0 fully saturated rings. The first-order valence-corrected chi connectivity index (χ1v) is 8.76. The van der Waals surface area contributed by atoms with Crippen LogP contribution in [0.3, 0.4) is 0 Å². The Bertz CT molecular complexity index is 1110. The van der Waals surface area contributed by atoms with E-state index in [-0.39, 0.29) is 22.5 Å². The van der Waals surface area contributed by atoms with Crippen LogP contribution in [0.25, 0.3) is 11.0 Å². The molecule has 0 atom stereocenters. The van der Waals surface area contributed by atoms with Crippen LogP contribution in [-0.4, -0.2) is 32.6 Å². The van der Waals surface area contributed by atoms with Crippen LogP contribution in [0.4, 0.5) is 0 Å². The second-order valence-corrected chi connectivity index (χ2v) is 6.00.